The van der Waals surface area contributed by atoms with E-state index in [1.807, 2.05) is 0 Å². The molecule has 1 aromatic rings. The average molecular weight is 260 g/mol. The minimum atomic E-state index is -5.02. The highest BCUT2D eigenvalue weighted by molar-refractivity contribution is 7.54. The number of carboxylic acids is 1. The van der Waals surface area contributed by atoms with Crippen LogP contribution in [0.5, 0.6) is 0 Å². The summed E-state index contributed by atoms with van der Waals surface area (Å²) in [5.41, 5.74) is -0.0808. The lowest BCUT2D eigenvalue weighted by Crippen LogP contribution is -2.38. The maximum atomic E-state index is 11.5. The molecule has 0 saturated heterocycles. The van der Waals surface area contributed by atoms with Crippen LogP contribution in [0.25, 0.3) is 0 Å². The standard InChI is InChI=1S/C10H13O6P/c1-2-16-10(9(11)12,17(13,14)15)8-6-4-3-5-7-8/h3-7H,2H2,1H3,(H,11,12)(H2,13,14,15). The zero-order valence-electron chi connectivity index (χ0n) is 9.11. The number of benzene rings is 1. The van der Waals surface area contributed by atoms with Gasteiger partial charge in [-0.2, -0.15) is 0 Å². The molecule has 3 N–H and O–H groups in total. The molecule has 1 rings (SSSR count). The van der Waals surface area contributed by atoms with Gasteiger partial charge in [0.2, 0.25) is 0 Å². The molecular weight excluding hydrogens is 247 g/mol. The van der Waals surface area contributed by atoms with Gasteiger partial charge in [0.25, 0.3) is 5.34 Å². The Hall–Kier alpha value is -1.20. The van der Waals surface area contributed by atoms with Crippen molar-refractivity contribution in [3.05, 3.63) is 35.9 Å². The summed E-state index contributed by atoms with van der Waals surface area (Å²) in [5.74, 6) is -1.71. The van der Waals surface area contributed by atoms with Crippen molar-refractivity contribution in [1.82, 2.24) is 0 Å². The van der Waals surface area contributed by atoms with Crippen LogP contribution in [-0.4, -0.2) is 27.5 Å². The molecule has 0 amide bonds. The first kappa shape index (κ1) is 13.9. The van der Waals surface area contributed by atoms with Crippen molar-refractivity contribution in [3.63, 3.8) is 0 Å². The number of rotatable bonds is 5. The van der Waals surface area contributed by atoms with Gasteiger partial charge in [0.1, 0.15) is 0 Å². The third-order valence-electron chi connectivity index (χ3n) is 2.22. The quantitative estimate of drug-likeness (QED) is 0.686. The third-order valence-corrected chi connectivity index (χ3v) is 3.62. The van der Waals surface area contributed by atoms with E-state index in [0.717, 1.165) is 0 Å². The molecule has 0 aromatic heterocycles. The highest BCUT2D eigenvalue weighted by Crippen LogP contribution is 2.57. The minimum absolute atomic E-state index is 0.0808. The highest BCUT2D eigenvalue weighted by atomic mass is 31.2. The molecule has 1 aromatic carbocycles. The van der Waals surface area contributed by atoms with Crippen LogP contribution in [0, 0.1) is 0 Å². The van der Waals surface area contributed by atoms with E-state index in [1.165, 1.54) is 31.2 Å². The Morgan fingerprint density at radius 2 is 1.88 bits per heavy atom. The van der Waals surface area contributed by atoms with Crippen LogP contribution in [0.2, 0.25) is 0 Å². The first-order chi connectivity index (χ1) is 7.86. The molecule has 7 heteroatoms. The van der Waals surface area contributed by atoms with Crippen molar-refractivity contribution in [3.8, 4) is 0 Å². The molecule has 0 aliphatic rings. The second-order valence-corrected chi connectivity index (χ2v) is 5.01. The lowest BCUT2D eigenvalue weighted by molar-refractivity contribution is -0.157. The van der Waals surface area contributed by atoms with Gasteiger partial charge in [-0.15, -0.1) is 0 Å². The van der Waals surface area contributed by atoms with Gasteiger partial charge in [0, 0.05) is 12.2 Å². The van der Waals surface area contributed by atoms with Crippen LogP contribution in [0.3, 0.4) is 0 Å². The normalized spacial score (nSPS) is 15.2. The molecule has 0 radical (unpaired) electrons. The monoisotopic (exact) mass is 260 g/mol. The van der Waals surface area contributed by atoms with E-state index >= 15 is 0 Å². The Kier molecular flexibility index (Phi) is 4.06. The van der Waals surface area contributed by atoms with Crippen LogP contribution in [0.15, 0.2) is 30.3 Å². The average Bonchev–Trinajstić information content (AvgIpc) is 2.24. The molecular formula is C10H13O6P. The summed E-state index contributed by atoms with van der Waals surface area (Å²) in [4.78, 5) is 29.8. The molecule has 0 aliphatic carbocycles. The van der Waals surface area contributed by atoms with Crippen LogP contribution < -0.4 is 0 Å². The molecule has 0 saturated carbocycles. The summed E-state index contributed by atoms with van der Waals surface area (Å²) in [5, 5.41) is 6.49. The molecule has 0 aliphatic heterocycles. The fraction of sp³-hybridized carbons (Fsp3) is 0.300. The van der Waals surface area contributed by atoms with Gasteiger partial charge in [0.05, 0.1) is 0 Å². The summed E-state index contributed by atoms with van der Waals surface area (Å²) in [6, 6.07) is 7.21. The van der Waals surface area contributed by atoms with Gasteiger partial charge in [-0.1, -0.05) is 30.3 Å². The summed E-state index contributed by atoms with van der Waals surface area (Å²) in [7, 11) is -5.02. The number of ether oxygens (including phenoxy) is 1. The minimum Gasteiger partial charge on any atom is -0.478 e. The highest BCUT2D eigenvalue weighted by Gasteiger charge is 2.57. The van der Waals surface area contributed by atoms with Crippen molar-refractivity contribution >= 4 is 13.6 Å². The zero-order valence-corrected chi connectivity index (χ0v) is 10.0. The Morgan fingerprint density at radius 1 is 1.35 bits per heavy atom. The Morgan fingerprint density at radius 3 is 2.24 bits per heavy atom. The topological polar surface area (TPSA) is 104 Å². The smallest absolute Gasteiger partial charge is 0.373 e. The fourth-order valence-corrected chi connectivity index (χ4v) is 2.55. The van der Waals surface area contributed by atoms with E-state index < -0.39 is 18.9 Å². The van der Waals surface area contributed by atoms with Crippen LogP contribution in [-0.2, 0) is 19.4 Å². The number of aliphatic carboxylic acids is 1. The summed E-state index contributed by atoms with van der Waals surface area (Å²) in [6.45, 7) is 1.34. The molecule has 1 atom stereocenters. The number of hydrogen-bond acceptors (Lipinski definition) is 3. The molecule has 6 nitrogen and oxygen atoms in total. The molecule has 0 heterocycles. The predicted octanol–water partition coefficient (Wildman–Crippen LogP) is 1.14. The van der Waals surface area contributed by atoms with Crippen molar-refractivity contribution < 1.29 is 29.0 Å². The molecule has 1 unspecified atom stereocenters. The van der Waals surface area contributed by atoms with E-state index in [-0.39, 0.29) is 12.2 Å². The Bertz CT molecular complexity index is 439. The van der Waals surface area contributed by atoms with Gasteiger partial charge in [0.15, 0.2) is 0 Å². The van der Waals surface area contributed by atoms with Gasteiger partial charge in [-0.25, -0.2) is 4.79 Å². The van der Waals surface area contributed by atoms with Crippen molar-refractivity contribution in [2.45, 2.75) is 12.3 Å². The second-order valence-electron chi connectivity index (χ2n) is 3.29. The SMILES string of the molecule is CCOC(C(=O)O)(c1ccccc1)P(=O)(O)O. The first-order valence-electron chi connectivity index (χ1n) is 4.84. The Labute approximate surface area is 98.0 Å². The lowest BCUT2D eigenvalue weighted by Gasteiger charge is -2.29. The van der Waals surface area contributed by atoms with E-state index in [2.05, 4.69) is 0 Å². The maximum Gasteiger partial charge on any atom is 0.373 e. The third kappa shape index (κ3) is 2.40. The van der Waals surface area contributed by atoms with Crippen molar-refractivity contribution in [2.24, 2.45) is 0 Å². The fourth-order valence-electron chi connectivity index (χ4n) is 1.52. The summed E-state index contributed by atoms with van der Waals surface area (Å²) < 4.78 is 16.4. The van der Waals surface area contributed by atoms with Crippen LogP contribution in [0.1, 0.15) is 12.5 Å². The maximum absolute atomic E-state index is 11.5. The van der Waals surface area contributed by atoms with E-state index in [4.69, 9.17) is 9.84 Å². The van der Waals surface area contributed by atoms with Crippen LogP contribution in [0.4, 0.5) is 0 Å². The lowest BCUT2D eigenvalue weighted by atomic mass is 10.1. The van der Waals surface area contributed by atoms with E-state index in [9.17, 15) is 19.1 Å². The largest absolute Gasteiger partial charge is 0.478 e. The number of hydrogen-bond donors (Lipinski definition) is 3. The van der Waals surface area contributed by atoms with Gasteiger partial charge >= 0.3 is 13.6 Å². The molecule has 17 heavy (non-hydrogen) atoms. The first-order valence-corrected chi connectivity index (χ1v) is 6.46. The number of carbonyl (C=O) groups is 1. The van der Waals surface area contributed by atoms with E-state index in [1.54, 1.807) is 6.07 Å². The zero-order chi connectivity index (χ0) is 13.1. The van der Waals surface area contributed by atoms with Gasteiger partial charge in [-0.05, 0) is 6.92 Å². The molecule has 94 valence electrons. The second kappa shape index (κ2) is 4.98. The summed E-state index contributed by atoms with van der Waals surface area (Å²) in [6.07, 6.45) is 0. The van der Waals surface area contributed by atoms with E-state index in [0.29, 0.717) is 0 Å². The van der Waals surface area contributed by atoms with Gasteiger partial charge in [-0.3, -0.25) is 4.57 Å². The molecule has 0 bridgehead atoms. The summed E-state index contributed by atoms with van der Waals surface area (Å²) >= 11 is 0. The predicted molar refractivity (Wildman–Crippen MR) is 59.4 cm³/mol. The van der Waals surface area contributed by atoms with Crippen molar-refractivity contribution in [2.75, 3.05) is 6.61 Å². The number of carboxylic acid groups (broad SMARTS) is 1. The molecule has 0 fully saturated rings. The molecule has 0 spiro atoms. The Balaban J connectivity index is 3.47. The van der Waals surface area contributed by atoms with Crippen molar-refractivity contribution in [1.29, 1.82) is 0 Å². The van der Waals surface area contributed by atoms with Gasteiger partial charge < -0.3 is 19.6 Å². The van der Waals surface area contributed by atoms with Crippen LogP contribution >= 0.6 is 7.60 Å².